The number of rotatable bonds is 14. The Labute approximate surface area is 336 Å². The first-order valence-corrected chi connectivity index (χ1v) is 19.7. The molecule has 1 unspecified atom stereocenters. The molecule has 2 aliphatic rings. The Morgan fingerprint density at radius 3 is 2.25 bits per heavy atom. The van der Waals surface area contributed by atoms with Crippen molar-refractivity contribution in [2.45, 2.75) is 90.5 Å². The van der Waals surface area contributed by atoms with E-state index >= 15 is 0 Å². The van der Waals surface area contributed by atoms with E-state index in [-0.39, 0.29) is 43.1 Å². The van der Waals surface area contributed by atoms with Gasteiger partial charge in [-0.25, -0.2) is 14.8 Å². The summed E-state index contributed by atoms with van der Waals surface area (Å²) in [7, 11) is 6.72. The Morgan fingerprint density at radius 2 is 1.66 bits per heavy atom. The van der Waals surface area contributed by atoms with Gasteiger partial charge >= 0.3 is 12.1 Å². The van der Waals surface area contributed by atoms with Gasteiger partial charge in [-0.2, -0.15) is 0 Å². The smallest absolute Gasteiger partial charge is 0.410 e. The number of hydrogen-bond donors (Lipinski definition) is 0. The molecular formula is C42H57ClN6O7. The number of carbonyl (C=O) groups excluding carboxylic acids is 3. The van der Waals surface area contributed by atoms with Gasteiger partial charge in [-0.1, -0.05) is 23.7 Å². The van der Waals surface area contributed by atoms with E-state index in [2.05, 4.69) is 9.80 Å². The molecule has 1 fully saturated rings. The molecule has 2 heterocycles. The second kappa shape index (κ2) is 18.5. The average Bonchev–Trinajstić information content (AvgIpc) is 3.15. The fourth-order valence-corrected chi connectivity index (χ4v) is 7.56. The van der Waals surface area contributed by atoms with Crippen LogP contribution in [0.2, 0.25) is 5.02 Å². The fraction of sp³-hybridized carbons (Fsp3) is 0.548. The number of likely N-dealkylation sites (N-methyl/N-ethyl adjacent to an activating group) is 1. The molecule has 0 bridgehead atoms. The minimum Gasteiger partial charge on any atom is -0.493 e. The number of nitrogens with zero attached hydrogens (tertiary/aromatic N) is 6. The van der Waals surface area contributed by atoms with E-state index < -0.39 is 11.6 Å². The largest absolute Gasteiger partial charge is 0.493 e. The first-order chi connectivity index (χ1) is 26.6. The summed E-state index contributed by atoms with van der Waals surface area (Å²) in [6, 6.07) is 11.1. The number of anilines is 2. The molecule has 2 amide bonds. The number of benzene rings is 2. The second-order valence-electron chi connectivity index (χ2n) is 16.0. The van der Waals surface area contributed by atoms with Crippen LogP contribution in [0.5, 0.6) is 11.5 Å². The van der Waals surface area contributed by atoms with Crippen LogP contribution in [0.3, 0.4) is 0 Å². The van der Waals surface area contributed by atoms with Gasteiger partial charge in [-0.15, -0.1) is 0 Å². The lowest BCUT2D eigenvalue weighted by molar-refractivity contribution is -0.142. The van der Waals surface area contributed by atoms with Gasteiger partial charge < -0.3 is 28.7 Å². The van der Waals surface area contributed by atoms with Crippen LogP contribution < -0.4 is 19.3 Å². The third kappa shape index (κ3) is 10.8. The highest BCUT2D eigenvalue weighted by atomic mass is 35.5. The quantitative estimate of drug-likeness (QED) is 0.158. The van der Waals surface area contributed by atoms with E-state index in [9.17, 15) is 14.4 Å². The average molecular weight is 793 g/mol. The molecule has 1 aliphatic carbocycles. The Bertz CT molecular complexity index is 1810. The lowest BCUT2D eigenvalue weighted by atomic mass is 9.85. The molecule has 304 valence electrons. The molecule has 0 spiro atoms. The maximum atomic E-state index is 14.0. The monoisotopic (exact) mass is 792 g/mol. The molecule has 56 heavy (non-hydrogen) atoms. The first kappa shape index (κ1) is 42.5. The SMILES string of the molecule is COC(=O)CN(CCN(C)C(=O)OC(C)(C)C)C1CCC(CN(C)c2cnc(N3C(=O)Cc4cc(OC)c(OC(C)C)cc4C3c3ccc(Cl)cc3)cn2)CC1. The summed E-state index contributed by atoms with van der Waals surface area (Å²) in [5.74, 6) is 2.35. The van der Waals surface area contributed by atoms with Crippen LogP contribution in [-0.2, 0) is 25.5 Å². The highest BCUT2D eigenvalue weighted by Crippen LogP contribution is 2.43. The summed E-state index contributed by atoms with van der Waals surface area (Å²) in [5.41, 5.74) is 2.07. The summed E-state index contributed by atoms with van der Waals surface area (Å²) in [6.07, 6.45) is 6.86. The van der Waals surface area contributed by atoms with E-state index in [1.54, 1.807) is 36.4 Å². The second-order valence-corrected chi connectivity index (χ2v) is 16.4. The number of halogens is 1. The van der Waals surface area contributed by atoms with Crippen molar-refractivity contribution in [1.29, 1.82) is 0 Å². The molecule has 1 atom stereocenters. The molecule has 1 saturated carbocycles. The van der Waals surface area contributed by atoms with E-state index in [1.807, 2.05) is 78.1 Å². The Morgan fingerprint density at radius 1 is 0.964 bits per heavy atom. The third-order valence-electron chi connectivity index (χ3n) is 10.3. The fourth-order valence-electron chi connectivity index (χ4n) is 7.44. The van der Waals surface area contributed by atoms with Gasteiger partial charge in [-0.05, 0) is 107 Å². The van der Waals surface area contributed by atoms with Crippen LogP contribution in [0.15, 0.2) is 48.8 Å². The number of aromatic nitrogens is 2. The molecule has 2 aromatic carbocycles. The van der Waals surface area contributed by atoms with E-state index in [0.29, 0.717) is 47.2 Å². The molecule has 5 rings (SSSR count). The minimum atomic E-state index is -0.583. The Balaban J connectivity index is 1.27. The number of amides is 2. The van der Waals surface area contributed by atoms with Crippen molar-refractivity contribution in [3.05, 3.63) is 70.5 Å². The summed E-state index contributed by atoms with van der Waals surface area (Å²) >= 11 is 6.29. The predicted molar refractivity (Wildman–Crippen MR) is 217 cm³/mol. The molecule has 1 aromatic heterocycles. The van der Waals surface area contributed by atoms with Crippen LogP contribution in [-0.4, -0.2) is 110 Å². The molecule has 1 aliphatic heterocycles. The van der Waals surface area contributed by atoms with Crippen LogP contribution in [0, 0.1) is 5.92 Å². The number of carbonyl (C=O) groups is 3. The number of esters is 1. The highest BCUT2D eigenvalue weighted by Gasteiger charge is 2.37. The summed E-state index contributed by atoms with van der Waals surface area (Å²) in [6.45, 7) is 11.4. The zero-order chi connectivity index (χ0) is 40.7. The highest BCUT2D eigenvalue weighted by molar-refractivity contribution is 6.30. The van der Waals surface area contributed by atoms with Crippen molar-refractivity contribution >= 4 is 41.2 Å². The molecular weight excluding hydrogens is 736 g/mol. The van der Waals surface area contributed by atoms with E-state index in [1.165, 1.54) is 7.11 Å². The van der Waals surface area contributed by atoms with Gasteiger partial charge in [0, 0.05) is 44.8 Å². The van der Waals surface area contributed by atoms with Crippen LogP contribution in [0.4, 0.5) is 16.4 Å². The van der Waals surface area contributed by atoms with E-state index in [4.69, 9.17) is 40.5 Å². The maximum absolute atomic E-state index is 14.0. The zero-order valence-corrected chi connectivity index (χ0v) is 35.0. The Kier molecular flexibility index (Phi) is 14.1. The molecule has 0 radical (unpaired) electrons. The van der Waals surface area contributed by atoms with Gasteiger partial charge in [0.05, 0.1) is 51.7 Å². The molecule has 14 heteroatoms. The summed E-state index contributed by atoms with van der Waals surface area (Å²) in [5, 5.41) is 0.600. The van der Waals surface area contributed by atoms with Crippen molar-refractivity contribution < 1.29 is 33.3 Å². The normalized spacial score (nSPS) is 18.4. The lowest BCUT2D eigenvalue weighted by Crippen LogP contribution is -2.46. The van der Waals surface area contributed by atoms with Crippen LogP contribution in [0.25, 0.3) is 0 Å². The lowest BCUT2D eigenvalue weighted by Gasteiger charge is -2.38. The number of fused-ring (bicyclic) bond motifs is 1. The van der Waals surface area contributed by atoms with Crippen molar-refractivity contribution in [3.63, 3.8) is 0 Å². The van der Waals surface area contributed by atoms with Gasteiger partial charge in [-0.3, -0.25) is 19.4 Å². The van der Waals surface area contributed by atoms with Crippen molar-refractivity contribution in [1.82, 2.24) is 19.8 Å². The number of ether oxygens (including phenoxy) is 4. The van der Waals surface area contributed by atoms with Crippen molar-refractivity contribution in [2.24, 2.45) is 5.92 Å². The zero-order valence-electron chi connectivity index (χ0n) is 34.2. The van der Waals surface area contributed by atoms with Gasteiger partial charge in [0.15, 0.2) is 17.3 Å². The van der Waals surface area contributed by atoms with Gasteiger partial charge in [0.1, 0.15) is 11.4 Å². The molecule has 0 saturated heterocycles. The standard InChI is InChI=1S/C42H57ClN6O7/c1-27(2)55-35-22-33-30(20-34(35)53-8)21-38(50)49(40(33)29-12-14-31(43)15-13-29)37-24-44-36(23-45-37)47(7)25-28-10-16-32(17-11-28)48(26-39(51)54-9)19-18-46(6)41(52)56-42(3,4)5/h12-15,20,22-24,27-28,32,40H,10-11,16-19,21,25-26H2,1-9H3. The van der Waals surface area contributed by atoms with Crippen LogP contribution >= 0.6 is 11.6 Å². The topological polar surface area (TPSA) is 127 Å². The molecule has 13 nitrogen and oxygen atoms in total. The number of hydrogen-bond acceptors (Lipinski definition) is 11. The van der Waals surface area contributed by atoms with Crippen LogP contribution in [0.1, 0.15) is 83.0 Å². The predicted octanol–water partition coefficient (Wildman–Crippen LogP) is 6.94. The molecule has 0 N–H and O–H groups in total. The van der Waals surface area contributed by atoms with Gasteiger partial charge in [0.2, 0.25) is 5.91 Å². The number of methoxy groups -OCH3 is 2. The summed E-state index contributed by atoms with van der Waals surface area (Å²) < 4.78 is 22.3. The summed E-state index contributed by atoms with van der Waals surface area (Å²) in [4.78, 5) is 55.9. The minimum absolute atomic E-state index is 0.0755. The molecule has 3 aromatic rings. The van der Waals surface area contributed by atoms with E-state index in [0.717, 1.165) is 48.9 Å². The maximum Gasteiger partial charge on any atom is 0.410 e. The third-order valence-corrected chi connectivity index (χ3v) is 10.5. The van der Waals surface area contributed by atoms with Crippen molar-refractivity contribution in [3.8, 4) is 11.5 Å². The Hall–Kier alpha value is -4.62. The van der Waals surface area contributed by atoms with Gasteiger partial charge in [0.25, 0.3) is 0 Å². The first-order valence-electron chi connectivity index (χ1n) is 19.3. The van der Waals surface area contributed by atoms with Crippen molar-refractivity contribution in [2.75, 3.05) is 64.3 Å².